The summed E-state index contributed by atoms with van der Waals surface area (Å²) in [7, 11) is -1.34. The van der Waals surface area contributed by atoms with Gasteiger partial charge in [-0.25, -0.2) is 13.6 Å². The molecule has 1 aromatic rings. The first-order valence-electron chi connectivity index (χ1n) is 4.06. The van der Waals surface area contributed by atoms with Crippen molar-refractivity contribution in [1.29, 1.82) is 0 Å². The Morgan fingerprint density at radius 3 is 2.27 bits per heavy atom. The van der Waals surface area contributed by atoms with Crippen molar-refractivity contribution in [2.24, 2.45) is 5.14 Å². The van der Waals surface area contributed by atoms with Gasteiger partial charge in [0.25, 0.3) is 5.91 Å². The van der Waals surface area contributed by atoms with E-state index in [2.05, 4.69) is 14.6 Å². The first-order chi connectivity index (χ1) is 6.95. The normalized spacial score (nSPS) is 11.1. The molecule has 15 heavy (non-hydrogen) atoms. The molecule has 0 aliphatic rings. The average molecular weight is 246 g/mol. The fraction of sp³-hybridized carbons (Fsp3) is 0.125. The highest BCUT2D eigenvalue weighted by Gasteiger charge is 2.09. The molecular formula is C8H11N2O3PS. The van der Waals surface area contributed by atoms with Gasteiger partial charge >= 0.3 is 0 Å². The topological polar surface area (TPSA) is 89.3 Å². The molecule has 0 aromatic heterocycles. The zero-order valence-corrected chi connectivity index (χ0v) is 9.78. The van der Waals surface area contributed by atoms with Crippen molar-refractivity contribution in [3.05, 3.63) is 29.8 Å². The van der Waals surface area contributed by atoms with E-state index in [1.54, 1.807) is 0 Å². The lowest BCUT2D eigenvalue weighted by molar-refractivity contribution is 0.0961. The van der Waals surface area contributed by atoms with Crippen molar-refractivity contribution in [1.82, 2.24) is 5.32 Å². The van der Waals surface area contributed by atoms with E-state index in [0.717, 1.165) is 0 Å². The molecule has 0 saturated carbocycles. The van der Waals surface area contributed by atoms with Gasteiger partial charge in [0.15, 0.2) is 0 Å². The largest absolute Gasteiger partial charge is 0.349 e. The van der Waals surface area contributed by atoms with E-state index in [0.29, 0.717) is 11.8 Å². The van der Waals surface area contributed by atoms with Crippen molar-refractivity contribution in [2.45, 2.75) is 4.90 Å². The summed E-state index contributed by atoms with van der Waals surface area (Å²) >= 11 is 0. The van der Waals surface area contributed by atoms with E-state index < -0.39 is 10.0 Å². The molecule has 7 heteroatoms. The Morgan fingerprint density at radius 2 is 1.87 bits per heavy atom. The van der Waals surface area contributed by atoms with E-state index in [1.165, 1.54) is 24.3 Å². The van der Waals surface area contributed by atoms with Gasteiger partial charge in [-0.15, -0.1) is 9.24 Å². The van der Waals surface area contributed by atoms with Crippen LogP contribution in [0.4, 0.5) is 0 Å². The number of hydrogen-bond acceptors (Lipinski definition) is 3. The van der Waals surface area contributed by atoms with Gasteiger partial charge < -0.3 is 5.32 Å². The zero-order valence-electron chi connectivity index (χ0n) is 7.80. The molecule has 3 N–H and O–H groups in total. The fourth-order valence-electron chi connectivity index (χ4n) is 0.991. The number of amides is 1. The van der Waals surface area contributed by atoms with E-state index in [9.17, 15) is 13.2 Å². The minimum Gasteiger partial charge on any atom is -0.349 e. The lowest BCUT2D eigenvalue weighted by Gasteiger charge is -2.02. The number of sulfonamides is 1. The van der Waals surface area contributed by atoms with Crippen LogP contribution >= 0.6 is 9.24 Å². The predicted molar refractivity (Wildman–Crippen MR) is 59.9 cm³/mol. The standard InChI is InChI=1S/C8H11N2O3PS/c9-15(12,13)7-3-1-6(2-4-7)8(11)10-5-14/h1-4H,5,14H2,(H,10,11)(H2,9,12,13). The highest BCUT2D eigenvalue weighted by molar-refractivity contribution is 7.89. The Hall–Kier alpha value is -0.970. The Balaban J connectivity index is 2.96. The Labute approximate surface area is 90.3 Å². The fourth-order valence-corrected chi connectivity index (χ4v) is 1.69. The molecule has 0 fully saturated rings. The quantitative estimate of drug-likeness (QED) is 0.729. The van der Waals surface area contributed by atoms with Gasteiger partial charge in [0.05, 0.1) is 4.90 Å². The van der Waals surface area contributed by atoms with Crippen LogP contribution in [0.15, 0.2) is 29.2 Å². The molecule has 1 rings (SSSR count). The summed E-state index contributed by atoms with van der Waals surface area (Å²) in [6.07, 6.45) is 0.440. The maximum Gasteiger partial charge on any atom is 0.251 e. The highest BCUT2D eigenvalue weighted by Crippen LogP contribution is 2.08. The van der Waals surface area contributed by atoms with Gasteiger partial charge in [-0.3, -0.25) is 4.79 Å². The number of carbonyl (C=O) groups excluding carboxylic acids is 1. The average Bonchev–Trinajstić information content (AvgIpc) is 2.17. The second kappa shape index (κ2) is 4.70. The lowest BCUT2D eigenvalue weighted by atomic mass is 10.2. The van der Waals surface area contributed by atoms with Crippen LogP contribution in [-0.4, -0.2) is 20.6 Å². The van der Waals surface area contributed by atoms with Crippen LogP contribution < -0.4 is 10.5 Å². The van der Waals surface area contributed by atoms with Crippen molar-refractivity contribution in [2.75, 3.05) is 6.29 Å². The Bertz CT molecular complexity index is 455. The van der Waals surface area contributed by atoms with E-state index >= 15 is 0 Å². The van der Waals surface area contributed by atoms with Crippen LogP contribution in [-0.2, 0) is 10.0 Å². The molecule has 0 aliphatic heterocycles. The number of benzene rings is 1. The second-order valence-corrected chi connectivity index (χ2v) is 4.75. The van der Waals surface area contributed by atoms with Crippen molar-refractivity contribution in [3.8, 4) is 0 Å². The van der Waals surface area contributed by atoms with Gasteiger partial charge in [-0.1, -0.05) is 0 Å². The van der Waals surface area contributed by atoms with Crippen LogP contribution in [0.2, 0.25) is 0 Å². The first kappa shape index (κ1) is 12.1. The Kier molecular flexibility index (Phi) is 3.79. The van der Waals surface area contributed by atoms with Crippen LogP contribution in [0.1, 0.15) is 10.4 Å². The first-order valence-corrected chi connectivity index (χ1v) is 6.42. The summed E-state index contributed by atoms with van der Waals surface area (Å²) < 4.78 is 21.8. The number of primary sulfonamides is 1. The van der Waals surface area contributed by atoms with Crippen LogP contribution in [0.3, 0.4) is 0 Å². The van der Waals surface area contributed by atoms with Gasteiger partial charge in [0.1, 0.15) is 0 Å². The smallest absolute Gasteiger partial charge is 0.251 e. The van der Waals surface area contributed by atoms with Gasteiger partial charge in [0, 0.05) is 11.8 Å². The zero-order chi connectivity index (χ0) is 11.5. The third-order valence-corrected chi connectivity index (χ3v) is 2.84. The lowest BCUT2D eigenvalue weighted by Crippen LogP contribution is -2.21. The number of nitrogens with one attached hydrogen (secondary N) is 1. The molecule has 1 atom stereocenters. The van der Waals surface area contributed by atoms with Crippen molar-refractivity contribution >= 4 is 25.2 Å². The summed E-state index contributed by atoms with van der Waals surface area (Å²) in [4.78, 5) is 11.3. The van der Waals surface area contributed by atoms with Crippen LogP contribution in [0, 0.1) is 0 Å². The molecule has 1 unspecified atom stereocenters. The van der Waals surface area contributed by atoms with Gasteiger partial charge in [-0.05, 0) is 24.3 Å². The van der Waals surface area contributed by atoms with Gasteiger partial charge in [0.2, 0.25) is 10.0 Å². The molecule has 82 valence electrons. The summed E-state index contributed by atoms with van der Waals surface area (Å²) in [6, 6.07) is 5.42. The number of rotatable bonds is 3. The third-order valence-electron chi connectivity index (χ3n) is 1.71. The SMILES string of the molecule is NS(=O)(=O)c1ccc(C(=O)NCP)cc1. The molecular weight excluding hydrogens is 235 g/mol. The van der Waals surface area contributed by atoms with Crippen molar-refractivity contribution in [3.63, 3.8) is 0 Å². The summed E-state index contributed by atoms with van der Waals surface area (Å²) in [5, 5.41) is 7.47. The van der Waals surface area contributed by atoms with Crippen LogP contribution in [0.25, 0.3) is 0 Å². The van der Waals surface area contributed by atoms with Crippen LogP contribution in [0.5, 0.6) is 0 Å². The maximum absolute atomic E-state index is 11.3. The molecule has 0 radical (unpaired) electrons. The molecule has 0 bridgehead atoms. The summed E-state index contributed by atoms with van der Waals surface area (Å²) in [5.41, 5.74) is 0.393. The number of nitrogens with two attached hydrogens (primary N) is 1. The summed E-state index contributed by atoms with van der Waals surface area (Å²) in [5.74, 6) is -0.258. The van der Waals surface area contributed by atoms with E-state index in [4.69, 9.17) is 5.14 Å². The molecule has 0 aliphatic carbocycles. The monoisotopic (exact) mass is 246 g/mol. The number of hydrogen-bond donors (Lipinski definition) is 2. The number of carbonyl (C=O) groups is 1. The maximum atomic E-state index is 11.3. The second-order valence-electron chi connectivity index (χ2n) is 2.78. The molecule has 0 saturated heterocycles. The predicted octanol–water partition coefficient (Wildman–Crippen LogP) is -0.104. The molecule has 1 aromatic carbocycles. The highest BCUT2D eigenvalue weighted by atomic mass is 32.2. The minimum atomic E-state index is -3.69. The van der Waals surface area contributed by atoms with Gasteiger partial charge in [-0.2, -0.15) is 0 Å². The molecule has 5 nitrogen and oxygen atoms in total. The summed E-state index contributed by atoms with van der Waals surface area (Å²) in [6.45, 7) is 0. The molecule has 1 amide bonds. The van der Waals surface area contributed by atoms with E-state index in [1.807, 2.05) is 0 Å². The van der Waals surface area contributed by atoms with E-state index in [-0.39, 0.29) is 10.8 Å². The third kappa shape index (κ3) is 3.27. The van der Waals surface area contributed by atoms with Crippen molar-refractivity contribution < 1.29 is 13.2 Å². The molecule has 0 heterocycles. The Morgan fingerprint density at radius 1 is 1.33 bits per heavy atom. The molecule has 0 spiro atoms. The minimum absolute atomic E-state index is 0.00933.